The SMILES string of the molecule is O=C1C(Cl)=C(N2CC[NH+](C(c3ccccc3)c3ccccc3)CC2)C(=O)N1c1cccc(C(F)(F)F)c1. The fourth-order valence-electron chi connectivity index (χ4n) is 5.08. The second-order valence-corrected chi connectivity index (χ2v) is 9.43. The first-order valence-electron chi connectivity index (χ1n) is 11.9. The van der Waals surface area contributed by atoms with Crippen LogP contribution in [0, 0.1) is 0 Å². The largest absolute Gasteiger partial charge is 0.416 e. The van der Waals surface area contributed by atoms with Gasteiger partial charge in [0, 0.05) is 11.1 Å². The number of halogens is 4. The van der Waals surface area contributed by atoms with Crippen LogP contribution in [0.3, 0.4) is 0 Å². The number of carbonyl (C=O) groups excluding carboxylic acids is 2. The van der Waals surface area contributed by atoms with Crippen molar-refractivity contribution in [3.05, 3.63) is 112 Å². The van der Waals surface area contributed by atoms with Crippen LogP contribution >= 0.6 is 11.6 Å². The van der Waals surface area contributed by atoms with Crippen LogP contribution in [0.15, 0.2) is 95.7 Å². The first-order chi connectivity index (χ1) is 17.8. The van der Waals surface area contributed by atoms with Gasteiger partial charge >= 0.3 is 6.18 Å². The maximum atomic E-state index is 13.3. The molecule has 5 rings (SSSR count). The second-order valence-electron chi connectivity index (χ2n) is 9.06. The van der Waals surface area contributed by atoms with Crippen molar-refractivity contribution in [2.24, 2.45) is 0 Å². The van der Waals surface area contributed by atoms with Crippen molar-refractivity contribution in [3.8, 4) is 0 Å². The van der Waals surface area contributed by atoms with Crippen molar-refractivity contribution < 1.29 is 27.7 Å². The van der Waals surface area contributed by atoms with Crippen molar-refractivity contribution in [1.82, 2.24) is 4.90 Å². The lowest BCUT2D eigenvalue weighted by molar-refractivity contribution is -0.929. The van der Waals surface area contributed by atoms with Gasteiger partial charge in [-0.15, -0.1) is 0 Å². The molecular weight excluding hydrogens is 503 g/mol. The fourth-order valence-corrected chi connectivity index (χ4v) is 5.37. The third-order valence-electron chi connectivity index (χ3n) is 6.83. The molecule has 2 heterocycles. The summed E-state index contributed by atoms with van der Waals surface area (Å²) in [4.78, 5) is 30.0. The van der Waals surface area contributed by atoms with Crippen molar-refractivity contribution in [1.29, 1.82) is 0 Å². The molecule has 1 saturated heterocycles. The lowest BCUT2D eigenvalue weighted by Crippen LogP contribution is -3.15. The highest BCUT2D eigenvalue weighted by Gasteiger charge is 2.43. The van der Waals surface area contributed by atoms with Crippen LogP contribution in [0.2, 0.25) is 0 Å². The molecule has 0 saturated carbocycles. The topological polar surface area (TPSA) is 45.1 Å². The third kappa shape index (κ3) is 4.86. The normalized spacial score (nSPS) is 17.3. The standard InChI is InChI=1S/C28H23ClF3N3O2/c29-23-25(27(37)35(26(23)36)22-13-7-12-21(18-22)28(30,31)32)34-16-14-33(15-17-34)24(19-8-3-1-4-9-19)20-10-5-2-6-11-20/h1-13,18,24H,14-17H2/p+1. The molecule has 1 N–H and O–H groups in total. The fraction of sp³-hybridized carbons (Fsp3) is 0.214. The minimum atomic E-state index is -4.60. The first kappa shape index (κ1) is 25.0. The molecule has 0 aliphatic carbocycles. The van der Waals surface area contributed by atoms with Gasteiger partial charge in [-0.2, -0.15) is 13.2 Å². The van der Waals surface area contributed by atoms with E-state index in [0.29, 0.717) is 26.2 Å². The number of quaternary nitrogens is 1. The highest BCUT2D eigenvalue weighted by atomic mass is 35.5. The molecule has 0 spiro atoms. The first-order valence-corrected chi connectivity index (χ1v) is 12.3. The second kappa shape index (κ2) is 10.0. The van der Waals surface area contributed by atoms with E-state index in [2.05, 4.69) is 24.3 Å². The van der Waals surface area contributed by atoms with E-state index in [1.54, 1.807) is 4.90 Å². The van der Waals surface area contributed by atoms with E-state index < -0.39 is 23.6 Å². The molecule has 0 aromatic heterocycles. The number of hydrogen-bond donors (Lipinski definition) is 1. The van der Waals surface area contributed by atoms with Crippen LogP contribution in [0.5, 0.6) is 0 Å². The highest BCUT2D eigenvalue weighted by Crippen LogP contribution is 2.35. The van der Waals surface area contributed by atoms with Gasteiger partial charge in [0.25, 0.3) is 11.8 Å². The Morgan fingerprint density at radius 2 is 1.35 bits per heavy atom. The van der Waals surface area contributed by atoms with Gasteiger partial charge < -0.3 is 9.80 Å². The van der Waals surface area contributed by atoms with Gasteiger partial charge in [-0.05, 0) is 18.2 Å². The summed E-state index contributed by atoms with van der Waals surface area (Å²) in [6.45, 7) is 2.28. The number of carbonyl (C=O) groups is 2. The Morgan fingerprint density at radius 3 is 1.89 bits per heavy atom. The van der Waals surface area contributed by atoms with E-state index in [1.165, 1.54) is 28.2 Å². The minimum Gasteiger partial charge on any atom is -0.354 e. The zero-order valence-electron chi connectivity index (χ0n) is 19.7. The summed E-state index contributed by atoms with van der Waals surface area (Å²) in [5.74, 6) is -1.53. The average Bonchev–Trinajstić information content (AvgIpc) is 3.13. The molecule has 9 heteroatoms. The monoisotopic (exact) mass is 526 g/mol. The third-order valence-corrected chi connectivity index (χ3v) is 7.17. The summed E-state index contributed by atoms with van der Waals surface area (Å²) >= 11 is 6.32. The van der Waals surface area contributed by atoms with E-state index in [1.807, 2.05) is 36.4 Å². The van der Waals surface area contributed by atoms with Crippen LogP contribution in [0.1, 0.15) is 22.7 Å². The van der Waals surface area contributed by atoms with Crippen LogP contribution in [-0.2, 0) is 15.8 Å². The Bertz CT molecular complexity index is 1300. The number of amides is 2. The Kier molecular flexibility index (Phi) is 6.79. The van der Waals surface area contributed by atoms with Gasteiger partial charge in [-0.3, -0.25) is 9.59 Å². The van der Waals surface area contributed by atoms with Gasteiger partial charge in [0.15, 0.2) is 0 Å². The Labute approximate surface area is 217 Å². The molecule has 0 bridgehead atoms. The van der Waals surface area contributed by atoms with E-state index in [9.17, 15) is 22.8 Å². The van der Waals surface area contributed by atoms with Gasteiger partial charge in [-0.1, -0.05) is 78.3 Å². The van der Waals surface area contributed by atoms with Crippen LogP contribution in [0.25, 0.3) is 0 Å². The smallest absolute Gasteiger partial charge is 0.354 e. The van der Waals surface area contributed by atoms with Gasteiger partial charge in [0.05, 0.1) is 37.4 Å². The highest BCUT2D eigenvalue weighted by molar-refractivity contribution is 6.52. The number of nitrogens with zero attached hydrogens (tertiary/aromatic N) is 2. The summed E-state index contributed by atoms with van der Waals surface area (Å²) in [6, 6.07) is 24.6. The quantitative estimate of drug-likeness (QED) is 0.511. The summed E-state index contributed by atoms with van der Waals surface area (Å²) in [5.41, 5.74) is 1.30. The van der Waals surface area contributed by atoms with Crippen molar-refractivity contribution >= 4 is 29.1 Å². The molecule has 3 aromatic carbocycles. The number of alkyl halides is 3. The van der Waals surface area contributed by atoms with Gasteiger partial charge in [0.2, 0.25) is 0 Å². The Hall–Kier alpha value is -3.62. The molecule has 0 atom stereocenters. The summed E-state index contributed by atoms with van der Waals surface area (Å²) in [7, 11) is 0. The van der Waals surface area contributed by atoms with E-state index in [-0.39, 0.29) is 22.5 Å². The number of piperazine rings is 1. The van der Waals surface area contributed by atoms with Crippen LogP contribution in [-0.4, -0.2) is 42.9 Å². The molecule has 2 aliphatic rings. The van der Waals surface area contributed by atoms with E-state index in [0.717, 1.165) is 17.0 Å². The van der Waals surface area contributed by atoms with E-state index in [4.69, 9.17) is 11.6 Å². The van der Waals surface area contributed by atoms with Gasteiger partial charge in [-0.25, -0.2) is 4.90 Å². The number of nitrogens with one attached hydrogen (secondary N) is 1. The summed E-state index contributed by atoms with van der Waals surface area (Å²) in [5, 5.41) is -0.270. The Balaban J connectivity index is 1.36. The molecule has 2 aliphatic heterocycles. The maximum absolute atomic E-state index is 13.3. The number of hydrogen-bond acceptors (Lipinski definition) is 3. The lowest BCUT2D eigenvalue weighted by atomic mass is 9.96. The van der Waals surface area contributed by atoms with Gasteiger partial charge in [0.1, 0.15) is 16.8 Å². The Morgan fingerprint density at radius 1 is 0.784 bits per heavy atom. The molecule has 37 heavy (non-hydrogen) atoms. The lowest BCUT2D eigenvalue weighted by Gasteiger charge is -2.38. The molecule has 2 amide bonds. The number of anilines is 1. The molecule has 5 nitrogen and oxygen atoms in total. The van der Waals surface area contributed by atoms with Crippen molar-refractivity contribution in [3.63, 3.8) is 0 Å². The molecule has 1 fully saturated rings. The molecule has 0 unspecified atom stereocenters. The number of rotatable bonds is 5. The zero-order chi connectivity index (χ0) is 26.2. The molecule has 190 valence electrons. The maximum Gasteiger partial charge on any atom is 0.416 e. The molecule has 0 radical (unpaired) electrons. The van der Waals surface area contributed by atoms with Crippen LogP contribution < -0.4 is 9.80 Å². The number of imide groups is 1. The predicted molar refractivity (Wildman–Crippen MR) is 134 cm³/mol. The molecule has 3 aromatic rings. The van der Waals surface area contributed by atoms with E-state index >= 15 is 0 Å². The predicted octanol–water partition coefficient (Wildman–Crippen LogP) is 4.02. The summed E-state index contributed by atoms with van der Waals surface area (Å²) in [6.07, 6.45) is -4.60. The zero-order valence-corrected chi connectivity index (χ0v) is 20.5. The van der Waals surface area contributed by atoms with Crippen molar-refractivity contribution in [2.45, 2.75) is 12.2 Å². The molecular formula is C28H24ClF3N3O2+. The van der Waals surface area contributed by atoms with Crippen LogP contribution in [0.4, 0.5) is 18.9 Å². The average molecular weight is 527 g/mol. The van der Waals surface area contributed by atoms with Crippen molar-refractivity contribution in [2.75, 3.05) is 31.1 Å². The number of benzene rings is 3. The minimum absolute atomic E-state index is 0.0408. The summed E-state index contributed by atoms with van der Waals surface area (Å²) < 4.78 is 39.6.